The largest absolute Gasteiger partial charge is 0.449 e. The van der Waals surface area contributed by atoms with Gasteiger partial charge in [0, 0.05) is 33.3 Å². The molecule has 0 saturated carbocycles. The number of rotatable bonds is 10. The van der Waals surface area contributed by atoms with Crippen molar-refractivity contribution < 1.29 is 24.0 Å². The van der Waals surface area contributed by atoms with Gasteiger partial charge in [-0.15, -0.1) is 0 Å². The molecule has 1 N–H and O–H groups in total. The predicted octanol–water partition coefficient (Wildman–Crippen LogP) is 2.86. The van der Waals surface area contributed by atoms with Crippen LogP contribution in [-0.4, -0.2) is 55.1 Å². The monoisotopic (exact) mass is 415 g/mol. The van der Waals surface area contributed by atoms with Crippen LogP contribution in [0.5, 0.6) is 0 Å². The van der Waals surface area contributed by atoms with Gasteiger partial charge in [-0.1, -0.05) is 30.3 Å². The Morgan fingerprint density at radius 1 is 1.20 bits per heavy atom. The molecule has 0 heterocycles. The van der Waals surface area contributed by atoms with Crippen LogP contribution in [0.2, 0.25) is 0 Å². The van der Waals surface area contributed by atoms with Crippen LogP contribution in [-0.2, 0) is 20.8 Å². The quantitative estimate of drug-likeness (QED) is 0.275. The van der Waals surface area contributed by atoms with E-state index in [4.69, 9.17) is 9.47 Å². The molecule has 30 heavy (non-hydrogen) atoms. The van der Waals surface area contributed by atoms with E-state index in [2.05, 4.69) is 5.32 Å². The van der Waals surface area contributed by atoms with Gasteiger partial charge in [-0.3, -0.25) is 14.9 Å². The first-order valence-electron chi connectivity index (χ1n) is 9.34. The Hall–Kier alpha value is -3.46. The number of methoxy groups -OCH3 is 1. The molecule has 0 unspecified atom stereocenters. The lowest BCUT2D eigenvalue weighted by atomic mass is 10.1. The van der Waals surface area contributed by atoms with Crippen molar-refractivity contribution in [1.82, 2.24) is 4.90 Å². The van der Waals surface area contributed by atoms with Crippen molar-refractivity contribution in [2.75, 3.05) is 32.6 Å². The molecule has 9 heteroatoms. The molecule has 2 aromatic rings. The summed E-state index contributed by atoms with van der Waals surface area (Å²) in [5.41, 5.74) is 0.935. The van der Waals surface area contributed by atoms with Crippen molar-refractivity contribution in [3.63, 3.8) is 0 Å². The average molecular weight is 415 g/mol. The summed E-state index contributed by atoms with van der Waals surface area (Å²) in [5, 5.41) is 14.2. The third-order valence-corrected chi connectivity index (χ3v) is 4.32. The normalized spacial score (nSPS) is 11.4. The number of carbonyl (C=O) groups excluding carboxylic acids is 2. The van der Waals surface area contributed by atoms with Crippen molar-refractivity contribution in [3.05, 3.63) is 69.8 Å². The summed E-state index contributed by atoms with van der Waals surface area (Å²) in [5.74, 6) is -1.19. The van der Waals surface area contributed by atoms with E-state index in [1.165, 1.54) is 31.1 Å². The minimum atomic E-state index is -1.04. The second-order valence-electron chi connectivity index (χ2n) is 6.64. The third-order valence-electron chi connectivity index (χ3n) is 4.32. The summed E-state index contributed by atoms with van der Waals surface area (Å²) >= 11 is 0. The lowest BCUT2D eigenvalue weighted by Gasteiger charge is -2.21. The predicted molar refractivity (Wildman–Crippen MR) is 111 cm³/mol. The molecule has 0 bridgehead atoms. The van der Waals surface area contributed by atoms with E-state index < -0.39 is 17.0 Å². The number of nitro benzene ring substituents is 1. The van der Waals surface area contributed by atoms with Crippen molar-refractivity contribution in [2.45, 2.75) is 19.6 Å². The van der Waals surface area contributed by atoms with Crippen LogP contribution >= 0.6 is 0 Å². The van der Waals surface area contributed by atoms with Crippen molar-refractivity contribution in [2.24, 2.45) is 0 Å². The second-order valence-corrected chi connectivity index (χ2v) is 6.64. The Kier molecular flexibility index (Phi) is 8.30. The summed E-state index contributed by atoms with van der Waals surface area (Å²) in [7, 11) is 3.14. The smallest absolute Gasteiger partial charge is 0.339 e. The van der Waals surface area contributed by atoms with Gasteiger partial charge >= 0.3 is 5.97 Å². The Morgan fingerprint density at radius 3 is 2.53 bits per heavy atom. The number of anilines is 1. The maximum absolute atomic E-state index is 12.5. The van der Waals surface area contributed by atoms with Crippen molar-refractivity contribution in [1.29, 1.82) is 0 Å². The number of likely N-dealkylation sites (N-methyl/N-ethyl adjacent to an activating group) is 1. The minimum absolute atomic E-state index is 0.00986. The second kappa shape index (κ2) is 10.9. The molecule has 0 aliphatic rings. The number of ether oxygens (including phenoxy) is 2. The van der Waals surface area contributed by atoms with Gasteiger partial charge in [0.25, 0.3) is 11.6 Å². The Bertz CT molecular complexity index is 888. The number of hydrogen-bond donors (Lipinski definition) is 1. The number of benzene rings is 2. The van der Waals surface area contributed by atoms with Gasteiger partial charge in [-0.2, -0.15) is 0 Å². The van der Waals surface area contributed by atoms with Gasteiger partial charge in [0.1, 0.15) is 5.69 Å². The van der Waals surface area contributed by atoms with Gasteiger partial charge < -0.3 is 19.7 Å². The maximum Gasteiger partial charge on any atom is 0.339 e. The first-order valence-corrected chi connectivity index (χ1v) is 9.34. The number of nitro groups is 1. The zero-order chi connectivity index (χ0) is 22.1. The number of nitrogens with one attached hydrogen (secondary N) is 1. The van der Waals surface area contributed by atoms with E-state index in [0.29, 0.717) is 19.7 Å². The molecule has 0 aromatic heterocycles. The standard InChI is InChI=1S/C21H25N3O6/c1-15(20(25)23(2)14-16-7-5-4-6-8-16)30-21(26)17-9-10-18(22-11-12-29-3)19(13-17)24(27)28/h4-10,13,15,22H,11-12,14H2,1-3H3/t15-/m1/s1. The number of hydrogen-bond acceptors (Lipinski definition) is 7. The molecule has 0 aliphatic carbocycles. The first-order chi connectivity index (χ1) is 14.3. The van der Waals surface area contributed by atoms with E-state index in [0.717, 1.165) is 11.6 Å². The zero-order valence-corrected chi connectivity index (χ0v) is 17.2. The summed E-state index contributed by atoms with van der Waals surface area (Å²) < 4.78 is 10.1. The van der Waals surface area contributed by atoms with E-state index >= 15 is 0 Å². The summed E-state index contributed by atoms with van der Waals surface area (Å²) in [4.78, 5) is 37.2. The van der Waals surface area contributed by atoms with Gasteiger partial charge in [-0.25, -0.2) is 4.79 Å². The van der Waals surface area contributed by atoms with Gasteiger partial charge in [0.05, 0.1) is 17.1 Å². The van der Waals surface area contributed by atoms with E-state index in [-0.39, 0.29) is 22.8 Å². The Balaban J connectivity index is 2.04. The highest BCUT2D eigenvalue weighted by molar-refractivity contribution is 5.93. The molecule has 1 amide bonds. The molecule has 0 aliphatic heterocycles. The van der Waals surface area contributed by atoms with Crippen LogP contribution in [0, 0.1) is 10.1 Å². The van der Waals surface area contributed by atoms with E-state index in [1.807, 2.05) is 30.3 Å². The molecule has 0 radical (unpaired) electrons. The maximum atomic E-state index is 12.5. The lowest BCUT2D eigenvalue weighted by Crippen LogP contribution is -2.37. The van der Waals surface area contributed by atoms with Gasteiger partial charge in [-0.05, 0) is 24.6 Å². The fraction of sp³-hybridized carbons (Fsp3) is 0.333. The van der Waals surface area contributed by atoms with Gasteiger partial charge in [0.2, 0.25) is 0 Å². The highest BCUT2D eigenvalue weighted by atomic mass is 16.6. The zero-order valence-electron chi connectivity index (χ0n) is 17.2. The molecule has 2 rings (SSSR count). The van der Waals surface area contributed by atoms with E-state index in [1.54, 1.807) is 7.05 Å². The van der Waals surface area contributed by atoms with Crippen LogP contribution in [0.4, 0.5) is 11.4 Å². The van der Waals surface area contributed by atoms with Gasteiger partial charge in [0.15, 0.2) is 6.10 Å². The summed E-state index contributed by atoms with van der Waals surface area (Å²) in [6, 6.07) is 13.4. The highest BCUT2D eigenvalue weighted by Crippen LogP contribution is 2.26. The fourth-order valence-electron chi connectivity index (χ4n) is 2.77. The van der Waals surface area contributed by atoms with Crippen LogP contribution in [0.25, 0.3) is 0 Å². The summed E-state index contributed by atoms with van der Waals surface area (Å²) in [6.45, 7) is 2.59. The molecule has 0 spiro atoms. The Labute approximate surface area is 174 Å². The molecule has 2 aromatic carbocycles. The molecule has 160 valence electrons. The van der Waals surface area contributed by atoms with E-state index in [9.17, 15) is 19.7 Å². The fourth-order valence-corrected chi connectivity index (χ4v) is 2.77. The highest BCUT2D eigenvalue weighted by Gasteiger charge is 2.24. The van der Waals surface area contributed by atoms with Crippen LogP contribution in [0.1, 0.15) is 22.8 Å². The summed E-state index contributed by atoms with van der Waals surface area (Å²) in [6.07, 6.45) is -1.04. The SMILES string of the molecule is COCCNc1ccc(C(=O)O[C@H](C)C(=O)N(C)Cc2ccccc2)cc1[N+](=O)[O-]. The lowest BCUT2D eigenvalue weighted by molar-refractivity contribution is -0.384. The van der Waals surface area contributed by atoms with Crippen molar-refractivity contribution in [3.8, 4) is 0 Å². The number of amides is 1. The molecule has 0 fully saturated rings. The molecule has 0 saturated heterocycles. The Morgan fingerprint density at radius 2 is 1.90 bits per heavy atom. The minimum Gasteiger partial charge on any atom is -0.449 e. The molecular weight excluding hydrogens is 390 g/mol. The third kappa shape index (κ3) is 6.28. The molecule has 9 nitrogen and oxygen atoms in total. The van der Waals surface area contributed by atoms with Crippen LogP contribution < -0.4 is 5.32 Å². The molecular formula is C21H25N3O6. The van der Waals surface area contributed by atoms with Crippen molar-refractivity contribution >= 4 is 23.3 Å². The molecule has 1 atom stereocenters. The number of esters is 1. The van der Waals surface area contributed by atoms with Crippen LogP contribution in [0.3, 0.4) is 0 Å². The first kappa shape index (κ1) is 22.8. The average Bonchev–Trinajstić information content (AvgIpc) is 2.73. The number of carbonyl (C=O) groups is 2. The topological polar surface area (TPSA) is 111 Å². The van der Waals surface area contributed by atoms with Crippen LogP contribution in [0.15, 0.2) is 48.5 Å². The number of nitrogens with zero attached hydrogens (tertiary/aromatic N) is 2.